The van der Waals surface area contributed by atoms with Crippen molar-refractivity contribution in [3.05, 3.63) is 41.7 Å². The second kappa shape index (κ2) is 7.57. The molecule has 2 aromatic rings. The molecule has 1 fully saturated rings. The molecule has 0 saturated carbocycles. The Morgan fingerprint density at radius 3 is 2.28 bits per heavy atom. The Labute approximate surface area is 147 Å². The maximum absolute atomic E-state index is 13.0. The number of hydrogen-bond donors (Lipinski definition) is 0. The van der Waals surface area contributed by atoms with Crippen molar-refractivity contribution in [3.63, 3.8) is 0 Å². The number of carbonyl (C=O) groups excluding carboxylic acids is 1. The molecule has 0 spiro atoms. The van der Waals surface area contributed by atoms with Crippen LogP contribution in [0.5, 0.6) is 11.5 Å². The van der Waals surface area contributed by atoms with Crippen molar-refractivity contribution < 1.29 is 14.3 Å². The Morgan fingerprint density at radius 1 is 1.12 bits per heavy atom. The van der Waals surface area contributed by atoms with Gasteiger partial charge in [0.15, 0.2) is 0 Å². The normalized spacial score (nSPS) is 15.2. The molecule has 1 aliphatic heterocycles. The van der Waals surface area contributed by atoms with E-state index in [4.69, 9.17) is 9.47 Å². The first-order valence-corrected chi connectivity index (χ1v) is 8.32. The summed E-state index contributed by atoms with van der Waals surface area (Å²) in [6.07, 6.45) is 3.91. The monoisotopic (exact) mass is 344 g/mol. The average Bonchev–Trinajstić information content (AvgIpc) is 3.05. The molecule has 7 nitrogen and oxygen atoms in total. The van der Waals surface area contributed by atoms with Gasteiger partial charge in [-0.2, -0.15) is 5.10 Å². The first-order chi connectivity index (χ1) is 12.1. The molecular weight excluding hydrogens is 320 g/mol. The number of benzene rings is 1. The van der Waals surface area contributed by atoms with E-state index in [-0.39, 0.29) is 5.91 Å². The quantitative estimate of drug-likeness (QED) is 0.820. The van der Waals surface area contributed by atoms with Gasteiger partial charge in [0.2, 0.25) is 0 Å². The van der Waals surface area contributed by atoms with Gasteiger partial charge in [-0.25, -0.2) is 0 Å². The number of hydrogen-bond acceptors (Lipinski definition) is 5. The predicted octanol–water partition coefficient (Wildman–Crippen LogP) is 1.40. The molecule has 7 heteroatoms. The van der Waals surface area contributed by atoms with Crippen LogP contribution in [0.1, 0.15) is 15.9 Å². The SMILES string of the molecule is COc1cccc(OC)c1C(=O)N1CCN(Cc2cnn(C)c2)CC1. The summed E-state index contributed by atoms with van der Waals surface area (Å²) in [5.41, 5.74) is 1.68. The highest BCUT2D eigenvalue weighted by atomic mass is 16.5. The minimum atomic E-state index is -0.0460. The fourth-order valence-electron chi connectivity index (χ4n) is 3.14. The third kappa shape index (κ3) is 3.76. The Bertz CT molecular complexity index is 713. The van der Waals surface area contributed by atoms with Gasteiger partial charge in [-0.15, -0.1) is 0 Å². The van der Waals surface area contributed by atoms with Crippen LogP contribution in [-0.4, -0.2) is 65.9 Å². The molecule has 3 rings (SSSR count). The third-order valence-corrected chi connectivity index (χ3v) is 4.47. The molecule has 0 radical (unpaired) electrons. The second-order valence-corrected chi connectivity index (χ2v) is 6.13. The zero-order chi connectivity index (χ0) is 17.8. The van der Waals surface area contributed by atoms with Gasteiger partial charge in [0.25, 0.3) is 5.91 Å². The standard InChI is InChI=1S/C18H24N4O3/c1-20-12-14(11-19-20)13-21-7-9-22(10-8-21)18(23)17-15(24-2)5-4-6-16(17)25-3/h4-6,11-12H,7-10,13H2,1-3H3. The second-order valence-electron chi connectivity index (χ2n) is 6.13. The fraction of sp³-hybridized carbons (Fsp3) is 0.444. The summed E-state index contributed by atoms with van der Waals surface area (Å²) < 4.78 is 12.5. The molecule has 1 aromatic carbocycles. The molecule has 1 saturated heterocycles. The molecule has 1 amide bonds. The lowest BCUT2D eigenvalue weighted by atomic mass is 10.1. The van der Waals surface area contributed by atoms with E-state index in [9.17, 15) is 4.79 Å². The van der Waals surface area contributed by atoms with E-state index >= 15 is 0 Å². The van der Waals surface area contributed by atoms with Gasteiger partial charge in [0.1, 0.15) is 17.1 Å². The van der Waals surface area contributed by atoms with E-state index in [0.717, 1.165) is 19.6 Å². The van der Waals surface area contributed by atoms with Gasteiger partial charge in [0.05, 0.1) is 20.4 Å². The van der Waals surface area contributed by atoms with Crippen LogP contribution in [0.3, 0.4) is 0 Å². The largest absolute Gasteiger partial charge is 0.496 e. The predicted molar refractivity (Wildman–Crippen MR) is 93.9 cm³/mol. The van der Waals surface area contributed by atoms with Crippen LogP contribution in [0.2, 0.25) is 0 Å². The van der Waals surface area contributed by atoms with Gasteiger partial charge >= 0.3 is 0 Å². The van der Waals surface area contributed by atoms with E-state index in [0.29, 0.717) is 30.2 Å². The first kappa shape index (κ1) is 17.3. The topological polar surface area (TPSA) is 59.8 Å². The summed E-state index contributed by atoms with van der Waals surface area (Å²) in [5.74, 6) is 1.04. The summed E-state index contributed by atoms with van der Waals surface area (Å²) >= 11 is 0. The molecule has 0 bridgehead atoms. The zero-order valence-electron chi connectivity index (χ0n) is 14.9. The molecule has 1 aromatic heterocycles. The molecule has 25 heavy (non-hydrogen) atoms. The average molecular weight is 344 g/mol. The van der Waals surface area contributed by atoms with Crippen LogP contribution in [0.4, 0.5) is 0 Å². The number of methoxy groups -OCH3 is 2. The number of nitrogens with zero attached hydrogens (tertiary/aromatic N) is 4. The lowest BCUT2D eigenvalue weighted by molar-refractivity contribution is 0.0622. The van der Waals surface area contributed by atoms with Crippen LogP contribution in [0, 0.1) is 0 Å². The number of ether oxygens (including phenoxy) is 2. The molecular formula is C18H24N4O3. The Kier molecular flexibility index (Phi) is 5.23. The van der Waals surface area contributed by atoms with E-state index in [2.05, 4.69) is 10.00 Å². The van der Waals surface area contributed by atoms with Gasteiger partial charge in [-0.05, 0) is 12.1 Å². The van der Waals surface area contributed by atoms with Gasteiger partial charge in [-0.1, -0.05) is 6.07 Å². The number of amides is 1. The smallest absolute Gasteiger partial charge is 0.261 e. The summed E-state index contributed by atoms with van der Waals surface area (Å²) in [6, 6.07) is 5.39. The number of aromatic nitrogens is 2. The van der Waals surface area contributed by atoms with Crippen molar-refractivity contribution in [1.82, 2.24) is 19.6 Å². The number of rotatable bonds is 5. The summed E-state index contributed by atoms with van der Waals surface area (Å²) in [4.78, 5) is 17.2. The minimum Gasteiger partial charge on any atom is -0.496 e. The highest BCUT2D eigenvalue weighted by Gasteiger charge is 2.27. The summed E-state index contributed by atoms with van der Waals surface area (Å²) in [7, 11) is 5.05. The van der Waals surface area contributed by atoms with Crippen LogP contribution < -0.4 is 9.47 Å². The van der Waals surface area contributed by atoms with Crippen LogP contribution in [0.25, 0.3) is 0 Å². The molecule has 0 atom stereocenters. The first-order valence-electron chi connectivity index (χ1n) is 8.32. The van der Waals surface area contributed by atoms with Crippen molar-refractivity contribution in [3.8, 4) is 11.5 Å². The maximum atomic E-state index is 13.0. The molecule has 0 aliphatic carbocycles. The van der Waals surface area contributed by atoms with E-state index < -0.39 is 0 Å². The van der Waals surface area contributed by atoms with E-state index in [1.165, 1.54) is 5.56 Å². The minimum absolute atomic E-state index is 0.0460. The van der Waals surface area contributed by atoms with Crippen molar-refractivity contribution in [2.75, 3.05) is 40.4 Å². The van der Waals surface area contributed by atoms with E-state index in [1.807, 2.05) is 35.1 Å². The summed E-state index contributed by atoms with van der Waals surface area (Å²) in [5, 5.41) is 4.20. The fourth-order valence-corrected chi connectivity index (χ4v) is 3.14. The molecule has 134 valence electrons. The number of aryl methyl sites for hydroxylation is 1. The van der Waals surface area contributed by atoms with Crippen LogP contribution in [-0.2, 0) is 13.6 Å². The van der Waals surface area contributed by atoms with Crippen molar-refractivity contribution >= 4 is 5.91 Å². The van der Waals surface area contributed by atoms with Gasteiger partial charge < -0.3 is 14.4 Å². The van der Waals surface area contributed by atoms with Crippen LogP contribution >= 0.6 is 0 Å². The lowest BCUT2D eigenvalue weighted by Gasteiger charge is -2.35. The van der Waals surface area contributed by atoms with Crippen LogP contribution in [0.15, 0.2) is 30.6 Å². The van der Waals surface area contributed by atoms with Gasteiger partial charge in [0, 0.05) is 51.5 Å². The molecule has 1 aliphatic rings. The highest BCUT2D eigenvalue weighted by Crippen LogP contribution is 2.29. The van der Waals surface area contributed by atoms with Gasteiger partial charge in [-0.3, -0.25) is 14.4 Å². The Morgan fingerprint density at radius 2 is 1.76 bits per heavy atom. The third-order valence-electron chi connectivity index (χ3n) is 4.47. The molecule has 2 heterocycles. The Hall–Kier alpha value is -2.54. The van der Waals surface area contributed by atoms with Crippen molar-refractivity contribution in [2.24, 2.45) is 7.05 Å². The lowest BCUT2D eigenvalue weighted by Crippen LogP contribution is -2.48. The highest BCUT2D eigenvalue weighted by molar-refractivity contribution is 5.99. The maximum Gasteiger partial charge on any atom is 0.261 e. The number of carbonyl (C=O) groups is 1. The zero-order valence-corrected chi connectivity index (χ0v) is 14.9. The number of piperazine rings is 1. The van der Waals surface area contributed by atoms with Crippen molar-refractivity contribution in [1.29, 1.82) is 0 Å². The van der Waals surface area contributed by atoms with Crippen molar-refractivity contribution in [2.45, 2.75) is 6.54 Å². The summed E-state index contributed by atoms with van der Waals surface area (Å²) in [6.45, 7) is 3.88. The van der Waals surface area contributed by atoms with E-state index in [1.54, 1.807) is 26.4 Å². The molecule has 0 unspecified atom stereocenters. The molecule has 0 N–H and O–H groups in total. The Balaban J connectivity index is 1.66.